The van der Waals surface area contributed by atoms with E-state index >= 15 is 0 Å². The van der Waals surface area contributed by atoms with E-state index in [1.54, 1.807) is 18.5 Å². The van der Waals surface area contributed by atoms with E-state index in [0.717, 1.165) is 0 Å². The van der Waals surface area contributed by atoms with Crippen LogP contribution in [0.3, 0.4) is 0 Å². The van der Waals surface area contributed by atoms with E-state index in [9.17, 15) is 15.0 Å². The smallest absolute Gasteiger partial charge is 0.394 e. The maximum absolute atomic E-state index is 12.2. The molecule has 0 aliphatic carbocycles. The Morgan fingerprint density at radius 1 is 1.32 bits per heavy atom. The molecule has 0 radical (unpaired) electrons. The van der Waals surface area contributed by atoms with Crippen molar-refractivity contribution in [2.45, 2.75) is 24.5 Å². The lowest BCUT2D eigenvalue weighted by atomic mass is 10.1. The second-order valence-electron chi connectivity index (χ2n) is 4.45. The highest BCUT2D eigenvalue weighted by Gasteiger charge is 2.44. The van der Waals surface area contributed by atoms with Crippen molar-refractivity contribution in [2.24, 2.45) is 0 Å². The Labute approximate surface area is 107 Å². The zero-order valence-corrected chi connectivity index (χ0v) is 9.88. The monoisotopic (exact) mass is 268 g/mol. The largest absolute Gasteiger partial charge is 0.422 e. The summed E-state index contributed by atoms with van der Waals surface area (Å²) in [5.41, 5.74) is 0.196. The summed E-state index contributed by atoms with van der Waals surface area (Å²) in [5.74, 6) is 0. The number of imidazole rings is 1. The Balaban J connectivity index is 2.05. The predicted octanol–water partition coefficient (Wildman–Crippen LogP) is -2.47. The summed E-state index contributed by atoms with van der Waals surface area (Å²) in [6.45, 7) is -0.428. The lowest BCUT2D eigenvalue weighted by Crippen LogP contribution is -2.37. The molecule has 19 heavy (non-hydrogen) atoms. The number of aromatic amines is 1. The fourth-order valence-corrected chi connectivity index (χ4v) is 2.28. The van der Waals surface area contributed by atoms with Crippen molar-refractivity contribution >= 4 is 5.65 Å². The second kappa shape index (κ2) is 4.42. The van der Waals surface area contributed by atoms with E-state index in [2.05, 4.69) is 4.98 Å². The normalized spacial score (nSPS) is 31.1. The summed E-state index contributed by atoms with van der Waals surface area (Å²) in [7, 11) is 0. The van der Waals surface area contributed by atoms with Crippen LogP contribution in [-0.2, 0) is 4.74 Å². The van der Waals surface area contributed by atoms with Crippen LogP contribution >= 0.6 is 0 Å². The number of H-pyrrole nitrogens is 1. The van der Waals surface area contributed by atoms with Gasteiger partial charge in [-0.3, -0.25) is 4.57 Å². The number of fused-ring (bicyclic) bond motifs is 1. The van der Waals surface area contributed by atoms with Gasteiger partial charge in [-0.2, -0.15) is 0 Å². The highest BCUT2D eigenvalue weighted by molar-refractivity contribution is 5.28. The quantitative estimate of drug-likeness (QED) is 0.559. The van der Waals surface area contributed by atoms with Gasteiger partial charge in [-0.25, -0.2) is 9.78 Å². The minimum atomic E-state index is -1.27. The van der Waals surface area contributed by atoms with Crippen LogP contribution in [0.5, 0.6) is 0 Å². The molecule has 0 aromatic carbocycles. The number of aromatic nitrogens is 3. The SMILES string of the molecule is O=c1n([C@@H]2O[C@H](CO)[C@@H](O)[C@H]2O)ccc2[nH+]ccn12. The van der Waals surface area contributed by atoms with Gasteiger partial charge in [-0.05, 0) is 0 Å². The number of aliphatic hydroxyl groups is 3. The highest BCUT2D eigenvalue weighted by atomic mass is 16.6. The standard InChI is InChI=1S/C11H13N3O5/c15-5-6-8(16)9(17)10(19-6)14-3-1-7-12-2-4-13(7)11(14)18/h1-4,6,8-10,15-17H,5H2/p+1/t6-,8-,9-,10-/m1/s1. The third-order valence-corrected chi connectivity index (χ3v) is 3.33. The highest BCUT2D eigenvalue weighted by Crippen LogP contribution is 2.27. The molecule has 3 rings (SSSR count). The topological polar surface area (TPSA) is 110 Å². The van der Waals surface area contributed by atoms with Gasteiger partial charge in [0.15, 0.2) is 6.23 Å². The first-order valence-corrected chi connectivity index (χ1v) is 5.86. The lowest BCUT2D eigenvalue weighted by Gasteiger charge is -2.15. The summed E-state index contributed by atoms with van der Waals surface area (Å²) in [4.78, 5) is 15.1. The van der Waals surface area contributed by atoms with Crippen molar-refractivity contribution in [1.82, 2.24) is 8.97 Å². The zero-order valence-electron chi connectivity index (χ0n) is 9.88. The average Bonchev–Trinajstić information content (AvgIpc) is 2.98. The molecule has 0 unspecified atom stereocenters. The Bertz CT molecular complexity index is 651. The molecule has 1 aliphatic heterocycles. The molecule has 3 heterocycles. The minimum absolute atomic E-state index is 0.409. The first-order valence-electron chi connectivity index (χ1n) is 5.86. The van der Waals surface area contributed by atoms with E-state index in [-0.39, 0.29) is 0 Å². The first kappa shape index (κ1) is 12.3. The summed E-state index contributed by atoms with van der Waals surface area (Å²) in [5, 5.41) is 28.6. The molecule has 4 N–H and O–H groups in total. The number of nitrogens with zero attached hydrogens (tertiary/aromatic N) is 2. The molecule has 1 aliphatic rings. The van der Waals surface area contributed by atoms with Gasteiger partial charge in [-0.15, -0.1) is 4.40 Å². The molecular formula is C11H14N3O5+. The van der Waals surface area contributed by atoms with E-state index in [1.807, 2.05) is 0 Å². The number of hydrogen-bond donors (Lipinski definition) is 3. The summed E-state index contributed by atoms with van der Waals surface area (Å²) >= 11 is 0. The maximum Gasteiger partial charge on any atom is 0.422 e. The Morgan fingerprint density at radius 3 is 2.79 bits per heavy atom. The molecule has 0 saturated carbocycles. The van der Waals surface area contributed by atoms with E-state index in [4.69, 9.17) is 9.84 Å². The number of rotatable bonds is 2. The van der Waals surface area contributed by atoms with Gasteiger partial charge in [0.05, 0.1) is 6.61 Å². The van der Waals surface area contributed by atoms with Crippen LogP contribution in [-0.4, -0.2) is 49.2 Å². The third kappa shape index (κ3) is 1.77. The van der Waals surface area contributed by atoms with Crippen molar-refractivity contribution in [2.75, 3.05) is 6.61 Å². The van der Waals surface area contributed by atoms with Crippen molar-refractivity contribution in [3.63, 3.8) is 0 Å². The van der Waals surface area contributed by atoms with Crippen LogP contribution in [0.1, 0.15) is 6.23 Å². The second-order valence-corrected chi connectivity index (χ2v) is 4.45. The molecule has 1 saturated heterocycles. The fraction of sp³-hybridized carbons (Fsp3) is 0.455. The van der Waals surface area contributed by atoms with Gasteiger partial charge < -0.3 is 20.1 Å². The van der Waals surface area contributed by atoms with Crippen molar-refractivity contribution < 1.29 is 25.0 Å². The number of ether oxygens (including phenoxy) is 1. The molecule has 8 heteroatoms. The van der Waals surface area contributed by atoms with E-state index in [1.165, 1.54) is 15.2 Å². The average molecular weight is 268 g/mol. The first-order chi connectivity index (χ1) is 9.13. The molecule has 8 nitrogen and oxygen atoms in total. The van der Waals surface area contributed by atoms with E-state index < -0.39 is 36.8 Å². The molecule has 1 fully saturated rings. The van der Waals surface area contributed by atoms with Crippen molar-refractivity contribution in [3.05, 3.63) is 35.1 Å². The van der Waals surface area contributed by atoms with Crippen molar-refractivity contribution in [3.8, 4) is 0 Å². The Hall–Kier alpha value is -1.74. The molecule has 4 atom stereocenters. The summed E-state index contributed by atoms with van der Waals surface area (Å²) in [6.07, 6.45) is 0.202. The fourth-order valence-electron chi connectivity index (χ4n) is 2.28. The molecule has 0 amide bonds. The van der Waals surface area contributed by atoms with Crippen LogP contribution in [0, 0.1) is 0 Å². The van der Waals surface area contributed by atoms with E-state index in [0.29, 0.717) is 5.65 Å². The molecule has 0 bridgehead atoms. The van der Waals surface area contributed by atoms with Crippen LogP contribution in [0.15, 0.2) is 29.5 Å². The van der Waals surface area contributed by atoms with Gasteiger partial charge in [-0.1, -0.05) is 0 Å². The Morgan fingerprint density at radius 2 is 2.11 bits per heavy atom. The van der Waals surface area contributed by atoms with Gasteiger partial charge in [0.2, 0.25) is 0 Å². The molecular weight excluding hydrogens is 254 g/mol. The van der Waals surface area contributed by atoms with Crippen LogP contribution < -0.4 is 10.7 Å². The molecule has 2 aromatic rings. The van der Waals surface area contributed by atoms with Gasteiger partial charge in [0.1, 0.15) is 30.7 Å². The van der Waals surface area contributed by atoms with Crippen LogP contribution in [0.4, 0.5) is 0 Å². The summed E-state index contributed by atoms with van der Waals surface area (Å²) in [6, 6.07) is 1.65. The summed E-state index contributed by atoms with van der Waals surface area (Å²) < 4.78 is 7.86. The predicted molar refractivity (Wildman–Crippen MR) is 61.2 cm³/mol. The van der Waals surface area contributed by atoms with Crippen LogP contribution in [0.25, 0.3) is 5.65 Å². The molecule has 2 aromatic heterocycles. The molecule has 0 spiro atoms. The van der Waals surface area contributed by atoms with Gasteiger partial charge in [0, 0.05) is 12.3 Å². The molecule has 102 valence electrons. The zero-order chi connectivity index (χ0) is 13.6. The van der Waals surface area contributed by atoms with Crippen LogP contribution in [0.2, 0.25) is 0 Å². The third-order valence-electron chi connectivity index (χ3n) is 3.33. The number of aliphatic hydroxyl groups excluding tert-OH is 3. The van der Waals surface area contributed by atoms with Crippen molar-refractivity contribution in [1.29, 1.82) is 0 Å². The maximum atomic E-state index is 12.2. The van der Waals surface area contributed by atoms with Gasteiger partial charge >= 0.3 is 5.69 Å². The number of nitrogens with one attached hydrogen (secondary N) is 1. The van der Waals surface area contributed by atoms with Gasteiger partial charge in [0.25, 0.3) is 5.65 Å². The minimum Gasteiger partial charge on any atom is -0.394 e. The Kier molecular flexibility index (Phi) is 2.86. The number of hydrogen-bond acceptors (Lipinski definition) is 5. The lowest BCUT2D eigenvalue weighted by molar-refractivity contribution is -0.343.